The molecule has 0 atom stereocenters. The molecule has 0 bridgehead atoms. The lowest BCUT2D eigenvalue weighted by molar-refractivity contribution is 0.398. The van der Waals surface area contributed by atoms with E-state index in [1.54, 1.807) is 11.1 Å². The minimum absolute atomic E-state index is 0.248. The van der Waals surface area contributed by atoms with Gasteiger partial charge in [0.1, 0.15) is 0 Å². The predicted octanol–water partition coefficient (Wildman–Crippen LogP) is 10.3. The van der Waals surface area contributed by atoms with Crippen LogP contribution in [0.15, 0.2) is 48.5 Å². The van der Waals surface area contributed by atoms with Crippen molar-refractivity contribution in [3.8, 4) is 11.1 Å². The maximum absolute atomic E-state index is 2.51. The molecule has 31 heavy (non-hydrogen) atoms. The summed E-state index contributed by atoms with van der Waals surface area (Å²) in [7, 11) is 0. The van der Waals surface area contributed by atoms with E-state index in [2.05, 4.69) is 93.7 Å². The molecule has 0 heterocycles. The second-order valence-electron chi connectivity index (χ2n) is 9.29. The van der Waals surface area contributed by atoms with Crippen LogP contribution in [0.25, 0.3) is 11.1 Å². The molecule has 1 aliphatic rings. The van der Waals surface area contributed by atoms with E-state index in [4.69, 9.17) is 0 Å². The maximum Gasteiger partial charge on any atom is 0.0215 e. The molecule has 2 aromatic rings. The van der Waals surface area contributed by atoms with E-state index in [0.717, 1.165) is 0 Å². The van der Waals surface area contributed by atoms with Gasteiger partial charge >= 0.3 is 0 Å². The fourth-order valence-corrected chi connectivity index (χ4v) is 6.61. The van der Waals surface area contributed by atoms with Gasteiger partial charge in [-0.2, -0.15) is 0 Å². The highest BCUT2D eigenvalue weighted by Crippen LogP contribution is 2.53. The van der Waals surface area contributed by atoms with Crippen LogP contribution in [-0.2, 0) is 5.41 Å². The van der Waals surface area contributed by atoms with Crippen molar-refractivity contribution in [1.29, 1.82) is 0 Å². The number of unbranched alkanes of at least 4 members (excludes halogenated alkanes) is 10. The zero-order chi connectivity index (χ0) is 21.8. The Kier molecular flexibility index (Phi) is 11.7. The van der Waals surface area contributed by atoms with Crippen LogP contribution in [0.4, 0.5) is 0 Å². The quantitative estimate of drug-likeness (QED) is 0.0972. The number of hydrogen-bond donors (Lipinski definition) is 0. The summed E-state index contributed by atoms with van der Waals surface area (Å²) in [5.74, 6) is 0. The molecule has 0 saturated heterocycles. The molecule has 0 saturated carbocycles. The van der Waals surface area contributed by atoms with Gasteiger partial charge in [0.05, 0.1) is 0 Å². The number of hydrogen-bond acceptors (Lipinski definition) is 0. The fourth-order valence-electron chi connectivity index (χ4n) is 5.54. The molecule has 0 aliphatic heterocycles. The second-order valence-corrected chi connectivity index (χ2v) is 11.5. The second kappa shape index (κ2) is 14.2. The van der Waals surface area contributed by atoms with Crippen molar-refractivity contribution in [2.75, 3.05) is 8.86 Å². The minimum Gasteiger partial charge on any atom is -0.0864 e. The van der Waals surface area contributed by atoms with Gasteiger partial charge in [-0.05, 0) is 56.8 Å². The lowest BCUT2D eigenvalue weighted by atomic mass is 9.70. The van der Waals surface area contributed by atoms with Crippen LogP contribution in [0, 0.1) is 0 Å². The summed E-state index contributed by atoms with van der Waals surface area (Å²) in [5.41, 5.74) is 6.49. The first-order valence-corrected chi connectivity index (χ1v) is 15.7. The predicted molar refractivity (Wildman–Crippen MR) is 155 cm³/mol. The Labute approximate surface area is 218 Å². The third-order valence-electron chi connectivity index (χ3n) is 7.15. The number of rotatable bonds is 16. The van der Waals surface area contributed by atoms with Gasteiger partial charge in [-0.15, -0.1) is 0 Å². The smallest absolute Gasteiger partial charge is 0.0215 e. The van der Waals surface area contributed by atoms with Crippen molar-refractivity contribution >= 4 is 45.2 Å². The van der Waals surface area contributed by atoms with Crippen LogP contribution in [0.3, 0.4) is 0 Å². The summed E-state index contributed by atoms with van der Waals surface area (Å²) < 4.78 is 2.62. The lowest BCUT2D eigenvalue weighted by Crippen LogP contribution is -2.25. The normalized spacial score (nSPS) is 13.9. The molecule has 0 N–H and O–H groups in total. The number of fused-ring (bicyclic) bond motifs is 3. The molecule has 0 radical (unpaired) electrons. The molecule has 2 heteroatoms. The van der Waals surface area contributed by atoms with Crippen molar-refractivity contribution < 1.29 is 0 Å². The summed E-state index contributed by atoms with van der Waals surface area (Å²) in [6.07, 6.45) is 19.4. The topological polar surface area (TPSA) is 0 Å². The molecular formula is C29H40I2. The van der Waals surface area contributed by atoms with E-state index in [1.165, 1.54) is 110 Å². The summed E-state index contributed by atoms with van der Waals surface area (Å²) in [6, 6.07) is 18.6. The third-order valence-corrected chi connectivity index (χ3v) is 8.68. The molecule has 0 nitrogen and oxygen atoms in total. The van der Waals surface area contributed by atoms with Gasteiger partial charge in [0.2, 0.25) is 0 Å². The Morgan fingerprint density at radius 3 is 1.23 bits per heavy atom. The van der Waals surface area contributed by atoms with Gasteiger partial charge in [-0.1, -0.05) is 158 Å². The first-order valence-electron chi connectivity index (χ1n) is 12.6. The Balaban J connectivity index is 1.68. The molecular weight excluding hydrogens is 602 g/mol. The van der Waals surface area contributed by atoms with Crippen LogP contribution >= 0.6 is 45.2 Å². The zero-order valence-corrected chi connectivity index (χ0v) is 23.5. The molecule has 1 aliphatic carbocycles. The lowest BCUT2D eigenvalue weighted by Gasteiger charge is -2.33. The molecule has 0 unspecified atom stereocenters. The third kappa shape index (κ3) is 6.94. The summed E-state index contributed by atoms with van der Waals surface area (Å²) in [6.45, 7) is 0. The summed E-state index contributed by atoms with van der Waals surface area (Å²) in [5, 5.41) is 0. The molecule has 170 valence electrons. The first kappa shape index (κ1) is 25.5. The first-order chi connectivity index (χ1) is 15.3. The largest absolute Gasteiger partial charge is 0.0864 e. The van der Waals surface area contributed by atoms with E-state index in [9.17, 15) is 0 Å². The van der Waals surface area contributed by atoms with E-state index < -0.39 is 0 Å². The Bertz CT molecular complexity index is 701. The molecule has 0 spiro atoms. The van der Waals surface area contributed by atoms with E-state index in [1.807, 2.05) is 0 Å². The van der Waals surface area contributed by atoms with E-state index in [0.29, 0.717) is 0 Å². The highest BCUT2D eigenvalue weighted by Gasteiger charge is 2.41. The Morgan fingerprint density at radius 1 is 0.452 bits per heavy atom. The zero-order valence-electron chi connectivity index (χ0n) is 19.2. The number of halogens is 2. The molecule has 3 rings (SSSR count). The molecule has 0 amide bonds. The van der Waals surface area contributed by atoms with Crippen LogP contribution in [0.5, 0.6) is 0 Å². The highest BCUT2D eigenvalue weighted by atomic mass is 127. The van der Waals surface area contributed by atoms with Crippen LogP contribution < -0.4 is 0 Å². The van der Waals surface area contributed by atoms with Gasteiger partial charge in [-0.25, -0.2) is 0 Å². The average Bonchev–Trinajstić information content (AvgIpc) is 3.08. The number of benzene rings is 2. The van der Waals surface area contributed by atoms with Crippen LogP contribution in [0.1, 0.15) is 101 Å². The van der Waals surface area contributed by atoms with Crippen LogP contribution in [0.2, 0.25) is 0 Å². The number of alkyl halides is 2. The summed E-state index contributed by atoms with van der Waals surface area (Å²) >= 11 is 5.02. The molecule has 0 fully saturated rings. The van der Waals surface area contributed by atoms with Crippen LogP contribution in [-0.4, -0.2) is 8.86 Å². The van der Waals surface area contributed by atoms with Gasteiger partial charge in [-0.3, -0.25) is 0 Å². The van der Waals surface area contributed by atoms with Crippen molar-refractivity contribution in [2.24, 2.45) is 0 Å². The van der Waals surface area contributed by atoms with Gasteiger partial charge < -0.3 is 0 Å². The minimum atomic E-state index is 0.248. The summed E-state index contributed by atoms with van der Waals surface area (Å²) in [4.78, 5) is 0. The van der Waals surface area contributed by atoms with E-state index >= 15 is 0 Å². The van der Waals surface area contributed by atoms with E-state index in [-0.39, 0.29) is 5.41 Å². The highest BCUT2D eigenvalue weighted by molar-refractivity contribution is 14.1. The Hall–Kier alpha value is -0.1000. The Morgan fingerprint density at radius 2 is 0.806 bits per heavy atom. The fraction of sp³-hybridized carbons (Fsp3) is 0.586. The van der Waals surface area contributed by atoms with Crippen molar-refractivity contribution in [1.82, 2.24) is 0 Å². The maximum atomic E-state index is 2.51. The standard InChI is InChI=1S/C29H40I2/c30-23-15-7-3-1-5-13-21-29(22-14-6-2-4-8-16-24-31)27-19-11-9-17-25(27)26-18-10-12-20-28(26)29/h9-12,17-20H,1-8,13-16,21-24H2. The monoisotopic (exact) mass is 642 g/mol. The van der Waals surface area contributed by atoms with Crippen molar-refractivity contribution in [2.45, 2.75) is 95.3 Å². The van der Waals surface area contributed by atoms with Crippen molar-refractivity contribution in [3.05, 3.63) is 59.7 Å². The van der Waals surface area contributed by atoms with Crippen molar-refractivity contribution in [3.63, 3.8) is 0 Å². The molecule has 0 aromatic heterocycles. The van der Waals surface area contributed by atoms with Gasteiger partial charge in [0, 0.05) is 5.41 Å². The van der Waals surface area contributed by atoms with Gasteiger partial charge in [0.15, 0.2) is 0 Å². The SMILES string of the molecule is ICCCCCCCCC1(CCCCCCCCI)c2ccccc2-c2ccccc21. The van der Waals surface area contributed by atoms with Gasteiger partial charge in [0.25, 0.3) is 0 Å². The average molecular weight is 642 g/mol. The molecule has 2 aromatic carbocycles.